The van der Waals surface area contributed by atoms with Gasteiger partial charge in [0.15, 0.2) is 0 Å². The molecule has 7 nitrogen and oxygen atoms in total. The lowest BCUT2D eigenvalue weighted by atomic mass is 10.1. The van der Waals surface area contributed by atoms with E-state index >= 15 is 0 Å². The number of carbonyl (C=O) groups is 1. The predicted octanol–water partition coefficient (Wildman–Crippen LogP) is 5.59. The summed E-state index contributed by atoms with van der Waals surface area (Å²) in [5, 5.41) is 22.7. The molecule has 0 unspecified atom stereocenters. The highest BCUT2D eigenvalue weighted by atomic mass is 35.5. The van der Waals surface area contributed by atoms with E-state index in [1.807, 2.05) is 36.4 Å². The van der Waals surface area contributed by atoms with Gasteiger partial charge >= 0.3 is 0 Å². The van der Waals surface area contributed by atoms with Gasteiger partial charge in [-0.15, -0.1) is 0 Å². The molecule has 3 rings (SSSR count). The lowest BCUT2D eigenvalue weighted by molar-refractivity contribution is -0.384. The molecule has 0 saturated carbocycles. The Hall–Kier alpha value is -4.15. The Labute approximate surface area is 176 Å². The van der Waals surface area contributed by atoms with Gasteiger partial charge in [-0.1, -0.05) is 41.9 Å². The molecule has 0 aliphatic heterocycles. The summed E-state index contributed by atoms with van der Waals surface area (Å²) in [4.78, 5) is 22.7. The van der Waals surface area contributed by atoms with Crippen LogP contribution in [-0.2, 0) is 4.79 Å². The summed E-state index contributed by atoms with van der Waals surface area (Å²) in [7, 11) is 0. The number of nitrogens with one attached hydrogen (secondary N) is 1. The molecule has 0 heterocycles. The second-order valence-electron chi connectivity index (χ2n) is 6.03. The number of nitro benzene ring substituents is 1. The van der Waals surface area contributed by atoms with Crippen LogP contribution in [0.5, 0.6) is 11.5 Å². The summed E-state index contributed by atoms with van der Waals surface area (Å²) in [6.45, 7) is 0. The van der Waals surface area contributed by atoms with Crippen molar-refractivity contribution < 1.29 is 14.5 Å². The van der Waals surface area contributed by atoms with E-state index in [-0.39, 0.29) is 22.0 Å². The van der Waals surface area contributed by atoms with Crippen LogP contribution in [-0.4, -0.2) is 10.8 Å². The van der Waals surface area contributed by atoms with E-state index in [4.69, 9.17) is 16.3 Å². The third-order valence-electron chi connectivity index (χ3n) is 3.92. The highest BCUT2D eigenvalue weighted by molar-refractivity contribution is 6.34. The van der Waals surface area contributed by atoms with Crippen molar-refractivity contribution in [3.05, 3.63) is 99.1 Å². The fourth-order valence-electron chi connectivity index (χ4n) is 2.52. The Kier molecular flexibility index (Phi) is 6.42. The molecule has 0 radical (unpaired) electrons. The van der Waals surface area contributed by atoms with E-state index < -0.39 is 10.8 Å². The monoisotopic (exact) mass is 419 g/mol. The third-order valence-corrected chi connectivity index (χ3v) is 4.24. The molecule has 0 fully saturated rings. The van der Waals surface area contributed by atoms with Crippen LogP contribution >= 0.6 is 11.6 Å². The van der Waals surface area contributed by atoms with Gasteiger partial charge in [0, 0.05) is 12.1 Å². The summed E-state index contributed by atoms with van der Waals surface area (Å²) in [6.07, 6.45) is 1.41. The molecule has 3 aromatic rings. The van der Waals surface area contributed by atoms with E-state index in [0.717, 1.165) is 6.07 Å². The molecule has 0 spiro atoms. The highest BCUT2D eigenvalue weighted by Gasteiger charge is 2.14. The molecule has 0 atom stereocenters. The van der Waals surface area contributed by atoms with Crippen LogP contribution < -0.4 is 10.1 Å². The molecule has 1 amide bonds. The summed E-state index contributed by atoms with van der Waals surface area (Å²) < 4.78 is 5.75. The maximum Gasteiger partial charge on any atom is 0.271 e. The lowest BCUT2D eigenvalue weighted by Gasteiger charge is -2.08. The molecule has 8 heteroatoms. The third kappa shape index (κ3) is 5.22. The van der Waals surface area contributed by atoms with Crippen molar-refractivity contribution in [2.75, 3.05) is 5.32 Å². The van der Waals surface area contributed by atoms with Gasteiger partial charge < -0.3 is 10.1 Å². The summed E-state index contributed by atoms with van der Waals surface area (Å²) >= 11 is 5.99. The number of para-hydroxylation sites is 1. The van der Waals surface area contributed by atoms with Crippen molar-refractivity contribution in [3.63, 3.8) is 0 Å². The van der Waals surface area contributed by atoms with E-state index in [2.05, 4.69) is 5.32 Å². The standard InChI is InChI=1S/C22H14ClN3O4/c23-20-13-17(26(28)29)9-10-21(20)25-22(27)16(14-24)11-15-5-4-8-19(12-15)30-18-6-2-1-3-7-18/h1-13H,(H,25,27). The number of anilines is 1. The van der Waals surface area contributed by atoms with Gasteiger partial charge in [0.2, 0.25) is 0 Å². The molecule has 0 aliphatic carbocycles. The Morgan fingerprint density at radius 3 is 2.47 bits per heavy atom. The molecule has 30 heavy (non-hydrogen) atoms. The number of amides is 1. The van der Waals surface area contributed by atoms with Crippen molar-refractivity contribution in [2.24, 2.45) is 0 Å². The van der Waals surface area contributed by atoms with Crippen LogP contribution in [0, 0.1) is 21.4 Å². The Morgan fingerprint density at radius 1 is 1.07 bits per heavy atom. The Morgan fingerprint density at radius 2 is 1.80 bits per heavy atom. The number of ether oxygens (including phenoxy) is 1. The fourth-order valence-corrected chi connectivity index (χ4v) is 2.74. The van der Waals surface area contributed by atoms with Crippen LogP contribution in [0.3, 0.4) is 0 Å². The lowest BCUT2D eigenvalue weighted by Crippen LogP contribution is -2.13. The van der Waals surface area contributed by atoms with Crippen LogP contribution in [0.4, 0.5) is 11.4 Å². The minimum Gasteiger partial charge on any atom is -0.457 e. The first-order valence-electron chi connectivity index (χ1n) is 8.66. The van der Waals surface area contributed by atoms with Crippen molar-refractivity contribution in [2.45, 2.75) is 0 Å². The van der Waals surface area contributed by atoms with Gasteiger partial charge in [0.25, 0.3) is 11.6 Å². The maximum atomic E-state index is 12.5. The second kappa shape index (κ2) is 9.37. The molecule has 1 N–H and O–H groups in total. The fraction of sp³-hybridized carbons (Fsp3) is 0. The molecule has 3 aromatic carbocycles. The summed E-state index contributed by atoms with van der Waals surface area (Å²) in [5.41, 5.74) is 0.380. The molecular weight excluding hydrogens is 406 g/mol. The van der Waals surface area contributed by atoms with E-state index in [0.29, 0.717) is 17.1 Å². The summed E-state index contributed by atoms with van der Waals surface area (Å²) in [5.74, 6) is 0.512. The molecule has 148 valence electrons. The summed E-state index contributed by atoms with van der Waals surface area (Å²) in [6, 6.07) is 21.6. The number of nitrogens with zero attached hydrogens (tertiary/aromatic N) is 2. The van der Waals surface area contributed by atoms with Gasteiger partial charge in [0.05, 0.1) is 15.6 Å². The number of nitro groups is 1. The number of carbonyl (C=O) groups excluding carboxylic acids is 1. The second-order valence-corrected chi connectivity index (χ2v) is 6.44. The minimum atomic E-state index is -0.692. The van der Waals surface area contributed by atoms with E-state index in [1.54, 1.807) is 24.3 Å². The van der Waals surface area contributed by atoms with Crippen molar-refractivity contribution in [3.8, 4) is 17.6 Å². The number of non-ortho nitro benzene ring substituents is 1. The number of hydrogen-bond acceptors (Lipinski definition) is 5. The van der Waals surface area contributed by atoms with E-state index in [1.165, 1.54) is 18.2 Å². The van der Waals surface area contributed by atoms with Gasteiger partial charge in [-0.3, -0.25) is 14.9 Å². The normalized spacial score (nSPS) is 10.7. The first kappa shape index (κ1) is 20.6. The number of rotatable bonds is 6. The van der Waals surface area contributed by atoms with Crippen molar-refractivity contribution in [1.29, 1.82) is 5.26 Å². The van der Waals surface area contributed by atoms with Gasteiger partial charge in [-0.25, -0.2) is 0 Å². The molecular formula is C22H14ClN3O4. The van der Waals surface area contributed by atoms with Gasteiger partial charge in [0.1, 0.15) is 23.1 Å². The average Bonchev–Trinajstić information content (AvgIpc) is 2.74. The number of benzene rings is 3. The molecule has 0 saturated heterocycles. The highest BCUT2D eigenvalue weighted by Crippen LogP contribution is 2.27. The Bertz CT molecular complexity index is 1170. The largest absolute Gasteiger partial charge is 0.457 e. The topological polar surface area (TPSA) is 105 Å². The molecule has 0 bridgehead atoms. The van der Waals surface area contributed by atoms with Gasteiger partial charge in [-0.05, 0) is 42.0 Å². The quantitative estimate of drug-likeness (QED) is 0.243. The van der Waals surface area contributed by atoms with Crippen molar-refractivity contribution in [1.82, 2.24) is 0 Å². The SMILES string of the molecule is N#CC(=Cc1cccc(Oc2ccccc2)c1)C(=O)Nc1ccc([N+](=O)[O-])cc1Cl. The average molecular weight is 420 g/mol. The zero-order valence-electron chi connectivity index (χ0n) is 15.4. The Balaban J connectivity index is 1.78. The number of hydrogen-bond donors (Lipinski definition) is 1. The number of halogens is 1. The first-order valence-corrected chi connectivity index (χ1v) is 9.04. The molecule has 0 aromatic heterocycles. The predicted molar refractivity (Wildman–Crippen MR) is 113 cm³/mol. The zero-order chi connectivity index (χ0) is 21.5. The molecule has 0 aliphatic rings. The smallest absolute Gasteiger partial charge is 0.271 e. The van der Waals surface area contributed by atoms with E-state index in [9.17, 15) is 20.2 Å². The van der Waals surface area contributed by atoms with Gasteiger partial charge in [-0.2, -0.15) is 5.26 Å². The first-order chi connectivity index (χ1) is 14.5. The van der Waals surface area contributed by atoms with Crippen molar-refractivity contribution >= 4 is 35.0 Å². The van der Waals surface area contributed by atoms with Crippen LogP contribution in [0.25, 0.3) is 6.08 Å². The number of nitriles is 1. The van der Waals surface area contributed by atoms with Crippen LogP contribution in [0.2, 0.25) is 5.02 Å². The van der Waals surface area contributed by atoms with Crippen LogP contribution in [0.1, 0.15) is 5.56 Å². The van der Waals surface area contributed by atoms with Crippen LogP contribution in [0.15, 0.2) is 78.4 Å². The maximum absolute atomic E-state index is 12.5. The zero-order valence-corrected chi connectivity index (χ0v) is 16.2. The minimum absolute atomic E-state index is 0.00639.